The van der Waals surface area contributed by atoms with Crippen LogP contribution in [0.25, 0.3) is 0 Å². The molecule has 0 atom stereocenters. The Bertz CT molecular complexity index is 714. The number of halogens is 1. The molecule has 0 saturated carbocycles. The van der Waals surface area contributed by atoms with Crippen LogP contribution in [0, 0.1) is 0 Å². The van der Waals surface area contributed by atoms with E-state index in [9.17, 15) is 9.59 Å². The molecule has 2 aromatic carbocycles. The van der Waals surface area contributed by atoms with Gasteiger partial charge >= 0.3 is 0 Å². The number of benzene rings is 2. The third kappa shape index (κ3) is 6.12. The summed E-state index contributed by atoms with van der Waals surface area (Å²) in [6.45, 7) is 4.21. The van der Waals surface area contributed by atoms with Crippen LogP contribution in [0.4, 0.5) is 5.69 Å². The van der Waals surface area contributed by atoms with E-state index in [4.69, 9.17) is 16.3 Å². The fourth-order valence-electron chi connectivity index (χ4n) is 2.28. The lowest BCUT2D eigenvalue weighted by Gasteiger charge is -2.21. The maximum Gasteiger partial charge on any atom is 0.223 e. The Morgan fingerprint density at radius 1 is 1.04 bits per heavy atom. The molecule has 0 aliphatic carbocycles. The second kappa shape index (κ2) is 9.08. The van der Waals surface area contributed by atoms with Gasteiger partial charge in [0.15, 0.2) is 0 Å². The zero-order valence-corrected chi connectivity index (χ0v) is 15.0. The summed E-state index contributed by atoms with van der Waals surface area (Å²) in [4.78, 5) is 24.4. The minimum Gasteiger partial charge on any atom is -0.489 e. The van der Waals surface area contributed by atoms with Gasteiger partial charge in [-0.05, 0) is 42.0 Å². The lowest BCUT2D eigenvalue weighted by atomic mass is 10.2. The number of anilines is 1. The summed E-state index contributed by atoms with van der Waals surface area (Å²) in [5.41, 5.74) is 1.78. The van der Waals surface area contributed by atoms with Crippen molar-refractivity contribution in [2.75, 3.05) is 18.0 Å². The smallest absolute Gasteiger partial charge is 0.223 e. The molecule has 0 heterocycles. The predicted octanol–water partition coefficient (Wildman–Crippen LogP) is 3.41. The molecule has 0 aliphatic heterocycles. The first-order valence-corrected chi connectivity index (χ1v) is 8.33. The Balaban J connectivity index is 1.95. The molecular formula is C19H21ClN2O3. The summed E-state index contributed by atoms with van der Waals surface area (Å²) in [5.74, 6) is 0.513. The largest absolute Gasteiger partial charge is 0.489 e. The van der Waals surface area contributed by atoms with Crippen LogP contribution < -0.4 is 15.0 Å². The second-order valence-electron chi connectivity index (χ2n) is 5.56. The van der Waals surface area contributed by atoms with Gasteiger partial charge in [0.25, 0.3) is 0 Å². The van der Waals surface area contributed by atoms with Crippen molar-refractivity contribution >= 4 is 29.1 Å². The summed E-state index contributed by atoms with van der Waals surface area (Å²) in [7, 11) is 0. The van der Waals surface area contributed by atoms with E-state index in [1.807, 2.05) is 48.5 Å². The summed E-state index contributed by atoms with van der Waals surface area (Å²) >= 11 is 5.86. The molecule has 6 heteroatoms. The van der Waals surface area contributed by atoms with Gasteiger partial charge in [0, 0.05) is 37.6 Å². The molecule has 0 fully saturated rings. The zero-order valence-electron chi connectivity index (χ0n) is 14.3. The molecule has 5 nitrogen and oxygen atoms in total. The van der Waals surface area contributed by atoms with Crippen LogP contribution in [0.5, 0.6) is 5.75 Å². The van der Waals surface area contributed by atoms with Gasteiger partial charge in [-0.25, -0.2) is 0 Å². The quantitative estimate of drug-likeness (QED) is 0.823. The minimum atomic E-state index is -0.116. The number of nitrogens with one attached hydrogen (secondary N) is 1. The van der Waals surface area contributed by atoms with Crippen LogP contribution in [-0.4, -0.2) is 24.9 Å². The number of amides is 2. The number of nitrogens with zero attached hydrogens (tertiary/aromatic N) is 1. The van der Waals surface area contributed by atoms with Gasteiger partial charge in [-0.3, -0.25) is 9.59 Å². The minimum absolute atomic E-state index is 0.0832. The number of hydrogen-bond acceptors (Lipinski definition) is 3. The van der Waals surface area contributed by atoms with Crippen molar-refractivity contribution in [2.45, 2.75) is 20.5 Å². The third-order valence-electron chi connectivity index (χ3n) is 3.56. The Kier molecular flexibility index (Phi) is 6.83. The van der Waals surface area contributed by atoms with Crippen molar-refractivity contribution in [2.24, 2.45) is 0 Å². The molecule has 0 bridgehead atoms. The molecule has 1 N–H and O–H groups in total. The van der Waals surface area contributed by atoms with E-state index in [2.05, 4.69) is 5.32 Å². The summed E-state index contributed by atoms with van der Waals surface area (Å²) < 4.78 is 5.74. The van der Waals surface area contributed by atoms with E-state index in [-0.39, 0.29) is 11.8 Å². The standard InChI is InChI=1S/C19H21ClN2O3/c1-14(23)21-11-12-22(15(2)24)18-7-9-19(10-8-18)25-13-16-3-5-17(20)6-4-16/h3-10H,11-13H2,1-2H3,(H,21,23). The molecule has 2 rings (SSSR count). The van der Waals surface area contributed by atoms with Crippen molar-refractivity contribution in [3.8, 4) is 5.75 Å². The van der Waals surface area contributed by atoms with E-state index in [0.717, 1.165) is 11.3 Å². The maximum absolute atomic E-state index is 11.8. The van der Waals surface area contributed by atoms with Crippen molar-refractivity contribution in [1.29, 1.82) is 0 Å². The number of ether oxygens (including phenoxy) is 1. The third-order valence-corrected chi connectivity index (χ3v) is 3.81. The molecule has 2 aromatic rings. The molecule has 0 radical (unpaired) electrons. The van der Waals surface area contributed by atoms with Crippen molar-refractivity contribution in [1.82, 2.24) is 5.32 Å². The van der Waals surface area contributed by atoms with Crippen molar-refractivity contribution < 1.29 is 14.3 Å². The van der Waals surface area contributed by atoms with Crippen LogP contribution in [0.3, 0.4) is 0 Å². The first kappa shape index (κ1) is 18.8. The van der Waals surface area contributed by atoms with E-state index in [0.29, 0.717) is 30.5 Å². The van der Waals surface area contributed by atoms with Crippen LogP contribution >= 0.6 is 11.6 Å². The van der Waals surface area contributed by atoms with Gasteiger partial charge in [-0.15, -0.1) is 0 Å². The predicted molar refractivity (Wildman–Crippen MR) is 98.9 cm³/mol. The molecule has 0 saturated heterocycles. The molecule has 0 aromatic heterocycles. The van der Waals surface area contributed by atoms with Crippen LogP contribution in [0.15, 0.2) is 48.5 Å². The van der Waals surface area contributed by atoms with E-state index >= 15 is 0 Å². The molecule has 132 valence electrons. The average molecular weight is 361 g/mol. The number of carbonyl (C=O) groups is 2. The summed E-state index contributed by atoms with van der Waals surface area (Å²) in [5, 5.41) is 3.38. The maximum atomic E-state index is 11.8. The molecule has 25 heavy (non-hydrogen) atoms. The van der Waals surface area contributed by atoms with Crippen LogP contribution in [-0.2, 0) is 16.2 Å². The highest BCUT2D eigenvalue weighted by Gasteiger charge is 2.11. The van der Waals surface area contributed by atoms with Crippen molar-refractivity contribution in [3.05, 3.63) is 59.1 Å². The fourth-order valence-corrected chi connectivity index (χ4v) is 2.41. The van der Waals surface area contributed by atoms with Gasteiger partial charge in [-0.2, -0.15) is 0 Å². The van der Waals surface area contributed by atoms with Crippen LogP contribution in [0.2, 0.25) is 5.02 Å². The van der Waals surface area contributed by atoms with E-state index < -0.39 is 0 Å². The first-order chi connectivity index (χ1) is 12.0. The monoisotopic (exact) mass is 360 g/mol. The van der Waals surface area contributed by atoms with Gasteiger partial charge in [-0.1, -0.05) is 23.7 Å². The summed E-state index contributed by atoms with van der Waals surface area (Å²) in [6.07, 6.45) is 0. The highest BCUT2D eigenvalue weighted by molar-refractivity contribution is 6.30. The number of carbonyl (C=O) groups excluding carboxylic acids is 2. The highest BCUT2D eigenvalue weighted by Crippen LogP contribution is 2.20. The molecule has 0 spiro atoms. The van der Waals surface area contributed by atoms with Gasteiger partial charge in [0.2, 0.25) is 11.8 Å². The SMILES string of the molecule is CC(=O)NCCN(C(C)=O)c1ccc(OCc2ccc(Cl)cc2)cc1. The topological polar surface area (TPSA) is 58.6 Å². The lowest BCUT2D eigenvalue weighted by Crippen LogP contribution is -2.36. The van der Waals surface area contributed by atoms with E-state index in [1.54, 1.807) is 4.90 Å². The van der Waals surface area contributed by atoms with Crippen molar-refractivity contribution in [3.63, 3.8) is 0 Å². The summed E-state index contributed by atoms with van der Waals surface area (Å²) in [6, 6.07) is 14.8. The number of hydrogen-bond donors (Lipinski definition) is 1. The molecular weight excluding hydrogens is 340 g/mol. The van der Waals surface area contributed by atoms with Gasteiger partial charge in [0.05, 0.1) is 0 Å². The lowest BCUT2D eigenvalue weighted by molar-refractivity contribution is -0.119. The average Bonchev–Trinajstić information content (AvgIpc) is 2.58. The molecule has 0 aliphatic rings. The Morgan fingerprint density at radius 3 is 2.24 bits per heavy atom. The first-order valence-electron chi connectivity index (χ1n) is 7.95. The van der Waals surface area contributed by atoms with E-state index in [1.165, 1.54) is 13.8 Å². The van der Waals surface area contributed by atoms with Gasteiger partial charge in [0.1, 0.15) is 12.4 Å². The van der Waals surface area contributed by atoms with Crippen LogP contribution in [0.1, 0.15) is 19.4 Å². The number of rotatable bonds is 7. The normalized spacial score (nSPS) is 10.2. The zero-order chi connectivity index (χ0) is 18.2. The second-order valence-corrected chi connectivity index (χ2v) is 6.00. The van der Waals surface area contributed by atoms with Gasteiger partial charge < -0.3 is 15.0 Å². The Labute approximate surface area is 152 Å². The molecule has 2 amide bonds. The Morgan fingerprint density at radius 2 is 1.68 bits per heavy atom. The Hall–Kier alpha value is -2.53. The molecule has 0 unspecified atom stereocenters. The fraction of sp³-hybridized carbons (Fsp3) is 0.263. The highest BCUT2D eigenvalue weighted by atomic mass is 35.5.